The highest BCUT2D eigenvalue weighted by Gasteiger charge is 2.24. The first kappa shape index (κ1) is 10.6. The molecule has 94 valence electrons. The minimum Gasteiger partial charge on any atom is -0.439 e. The van der Waals surface area contributed by atoms with Crippen LogP contribution in [0.2, 0.25) is 0 Å². The fourth-order valence-corrected chi connectivity index (χ4v) is 2.58. The molecule has 4 rings (SSSR count). The summed E-state index contributed by atoms with van der Waals surface area (Å²) in [7, 11) is 0. The average Bonchev–Trinajstić information content (AvgIpc) is 2.90. The summed E-state index contributed by atoms with van der Waals surface area (Å²) in [5, 5.41) is 3.44. The van der Waals surface area contributed by atoms with Gasteiger partial charge in [0.1, 0.15) is 0 Å². The highest BCUT2D eigenvalue weighted by atomic mass is 16.3. The zero-order valence-corrected chi connectivity index (χ0v) is 10.3. The Morgan fingerprint density at radius 2 is 2.11 bits per heavy atom. The number of benzene rings is 1. The molecule has 1 unspecified atom stereocenters. The van der Waals surface area contributed by atoms with Gasteiger partial charge >= 0.3 is 0 Å². The molecule has 0 aliphatic carbocycles. The smallest absolute Gasteiger partial charge is 0.202 e. The second-order valence-corrected chi connectivity index (χ2v) is 4.82. The SMILES string of the molecule is c1ccc2c(c1)CC(c1nc3ncccc3o1)CN2. The standard InChI is InChI=1S/C15H13N3O/c1-2-5-12-10(4-1)8-11(9-17-12)15-18-14-13(19-15)6-3-7-16-14/h1-7,11,17H,8-9H2. The normalized spacial score (nSPS) is 18.0. The quantitative estimate of drug-likeness (QED) is 0.722. The highest BCUT2D eigenvalue weighted by Crippen LogP contribution is 2.30. The fourth-order valence-electron chi connectivity index (χ4n) is 2.58. The van der Waals surface area contributed by atoms with E-state index in [1.165, 1.54) is 11.3 Å². The van der Waals surface area contributed by atoms with Crippen LogP contribution in [-0.4, -0.2) is 16.5 Å². The van der Waals surface area contributed by atoms with Crippen molar-refractivity contribution < 1.29 is 4.42 Å². The van der Waals surface area contributed by atoms with E-state index in [2.05, 4.69) is 39.6 Å². The number of para-hydroxylation sites is 1. The van der Waals surface area contributed by atoms with Crippen LogP contribution < -0.4 is 5.32 Å². The molecule has 1 N–H and O–H groups in total. The van der Waals surface area contributed by atoms with Crippen LogP contribution in [0.15, 0.2) is 47.0 Å². The Bertz CT molecular complexity index is 702. The van der Waals surface area contributed by atoms with Gasteiger partial charge in [-0.1, -0.05) is 18.2 Å². The predicted octanol–water partition coefficient (Wildman–Crippen LogP) is 2.97. The average molecular weight is 251 g/mol. The number of anilines is 1. The minimum absolute atomic E-state index is 0.268. The van der Waals surface area contributed by atoms with Gasteiger partial charge in [-0.3, -0.25) is 0 Å². The lowest BCUT2D eigenvalue weighted by Crippen LogP contribution is -2.21. The number of hydrogen-bond donors (Lipinski definition) is 1. The Hall–Kier alpha value is -2.36. The van der Waals surface area contributed by atoms with Gasteiger partial charge < -0.3 is 9.73 Å². The van der Waals surface area contributed by atoms with Gasteiger partial charge in [0.05, 0.1) is 5.92 Å². The summed E-state index contributed by atoms with van der Waals surface area (Å²) in [5.74, 6) is 1.04. The van der Waals surface area contributed by atoms with Gasteiger partial charge in [-0.25, -0.2) is 4.98 Å². The molecule has 0 radical (unpaired) electrons. The Morgan fingerprint density at radius 3 is 3.05 bits per heavy atom. The summed E-state index contributed by atoms with van der Waals surface area (Å²) in [6, 6.07) is 12.1. The summed E-state index contributed by atoms with van der Waals surface area (Å²) in [6.07, 6.45) is 2.69. The molecule has 0 saturated carbocycles. The molecule has 0 saturated heterocycles. The summed E-state index contributed by atoms with van der Waals surface area (Å²) >= 11 is 0. The fraction of sp³-hybridized carbons (Fsp3) is 0.200. The number of nitrogens with one attached hydrogen (secondary N) is 1. The van der Waals surface area contributed by atoms with E-state index in [9.17, 15) is 0 Å². The van der Waals surface area contributed by atoms with Gasteiger partial charge in [0.25, 0.3) is 0 Å². The molecule has 0 bridgehead atoms. The minimum atomic E-state index is 0.268. The molecule has 3 aromatic rings. The maximum absolute atomic E-state index is 5.81. The van der Waals surface area contributed by atoms with E-state index in [1.54, 1.807) is 6.20 Å². The van der Waals surface area contributed by atoms with Crippen LogP contribution in [-0.2, 0) is 6.42 Å². The maximum Gasteiger partial charge on any atom is 0.202 e. The monoisotopic (exact) mass is 251 g/mol. The Balaban J connectivity index is 1.70. The van der Waals surface area contributed by atoms with Crippen molar-refractivity contribution in [1.29, 1.82) is 0 Å². The van der Waals surface area contributed by atoms with Crippen molar-refractivity contribution in [1.82, 2.24) is 9.97 Å². The van der Waals surface area contributed by atoms with Crippen LogP contribution >= 0.6 is 0 Å². The summed E-state index contributed by atoms with van der Waals surface area (Å²) < 4.78 is 5.81. The second-order valence-electron chi connectivity index (χ2n) is 4.82. The Kier molecular flexibility index (Phi) is 2.27. The summed E-state index contributed by atoms with van der Waals surface area (Å²) in [5.41, 5.74) is 3.98. The van der Waals surface area contributed by atoms with Crippen LogP contribution in [0.1, 0.15) is 17.4 Å². The van der Waals surface area contributed by atoms with Crippen molar-refractivity contribution in [2.75, 3.05) is 11.9 Å². The second kappa shape index (κ2) is 4.09. The topological polar surface area (TPSA) is 51.0 Å². The first-order chi connectivity index (χ1) is 9.40. The number of nitrogens with zero attached hydrogens (tertiary/aromatic N) is 2. The molecule has 2 aromatic heterocycles. The van der Waals surface area contributed by atoms with Crippen molar-refractivity contribution in [3.63, 3.8) is 0 Å². The molecule has 19 heavy (non-hydrogen) atoms. The zero-order valence-electron chi connectivity index (χ0n) is 10.3. The lowest BCUT2D eigenvalue weighted by Gasteiger charge is -2.23. The van der Waals surface area contributed by atoms with Gasteiger partial charge in [-0.2, -0.15) is 4.98 Å². The van der Waals surface area contributed by atoms with E-state index < -0.39 is 0 Å². The molecule has 0 amide bonds. The van der Waals surface area contributed by atoms with Gasteiger partial charge in [0, 0.05) is 18.4 Å². The van der Waals surface area contributed by atoms with Crippen molar-refractivity contribution in [3.8, 4) is 0 Å². The van der Waals surface area contributed by atoms with Crippen LogP contribution in [0.4, 0.5) is 5.69 Å². The summed E-state index contributed by atoms with van der Waals surface area (Å²) in [4.78, 5) is 8.71. The van der Waals surface area contributed by atoms with E-state index in [0.717, 1.165) is 24.4 Å². The van der Waals surface area contributed by atoms with E-state index >= 15 is 0 Å². The Morgan fingerprint density at radius 1 is 1.16 bits per heavy atom. The molecule has 1 atom stereocenters. The third-order valence-corrected chi connectivity index (χ3v) is 3.55. The third kappa shape index (κ3) is 1.76. The van der Waals surface area contributed by atoms with Gasteiger partial charge in [-0.15, -0.1) is 0 Å². The molecule has 1 aliphatic heterocycles. The van der Waals surface area contributed by atoms with Gasteiger partial charge in [-0.05, 0) is 30.2 Å². The van der Waals surface area contributed by atoms with E-state index in [1.807, 2.05) is 12.1 Å². The van der Waals surface area contributed by atoms with Crippen LogP contribution in [0.3, 0.4) is 0 Å². The first-order valence-corrected chi connectivity index (χ1v) is 6.43. The number of hydrogen-bond acceptors (Lipinski definition) is 4. The van der Waals surface area contributed by atoms with Crippen LogP contribution in [0.5, 0.6) is 0 Å². The van der Waals surface area contributed by atoms with Crippen molar-refractivity contribution in [2.24, 2.45) is 0 Å². The van der Waals surface area contributed by atoms with Gasteiger partial charge in [0.15, 0.2) is 11.2 Å². The lowest BCUT2D eigenvalue weighted by atomic mass is 9.94. The number of rotatable bonds is 1. The number of fused-ring (bicyclic) bond motifs is 2. The molecular formula is C15H13N3O. The van der Waals surface area contributed by atoms with E-state index in [-0.39, 0.29) is 5.92 Å². The molecule has 4 nitrogen and oxygen atoms in total. The molecule has 1 aromatic carbocycles. The lowest BCUT2D eigenvalue weighted by molar-refractivity contribution is 0.471. The van der Waals surface area contributed by atoms with Gasteiger partial charge in [0.2, 0.25) is 5.89 Å². The Labute approximate surface area is 110 Å². The largest absolute Gasteiger partial charge is 0.439 e. The maximum atomic E-state index is 5.81. The molecule has 0 fully saturated rings. The highest BCUT2D eigenvalue weighted by molar-refractivity contribution is 5.67. The predicted molar refractivity (Wildman–Crippen MR) is 73.2 cm³/mol. The van der Waals surface area contributed by atoms with E-state index in [0.29, 0.717) is 5.65 Å². The summed E-state index contributed by atoms with van der Waals surface area (Å²) in [6.45, 7) is 0.851. The number of pyridine rings is 1. The van der Waals surface area contributed by atoms with Crippen molar-refractivity contribution in [2.45, 2.75) is 12.3 Å². The molecule has 4 heteroatoms. The van der Waals surface area contributed by atoms with Crippen molar-refractivity contribution >= 4 is 16.9 Å². The van der Waals surface area contributed by atoms with E-state index in [4.69, 9.17) is 4.42 Å². The molecule has 1 aliphatic rings. The first-order valence-electron chi connectivity index (χ1n) is 6.43. The molecular weight excluding hydrogens is 238 g/mol. The number of oxazole rings is 1. The van der Waals surface area contributed by atoms with Crippen LogP contribution in [0.25, 0.3) is 11.2 Å². The molecule has 0 spiro atoms. The zero-order chi connectivity index (χ0) is 12.7. The van der Waals surface area contributed by atoms with Crippen molar-refractivity contribution in [3.05, 3.63) is 54.0 Å². The molecule has 3 heterocycles. The third-order valence-electron chi connectivity index (χ3n) is 3.55. The number of aromatic nitrogens is 2. The van der Waals surface area contributed by atoms with Crippen LogP contribution in [0, 0.1) is 0 Å².